The molecule has 4 aromatic rings. The van der Waals surface area contributed by atoms with Gasteiger partial charge in [0.2, 0.25) is 0 Å². The number of carbonyl (C=O) groups excluding carboxylic acids is 1. The van der Waals surface area contributed by atoms with Crippen LogP contribution in [0.4, 0.5) is 0 Å². The van der Waals surface area contributed by atoms with Crippen molar-refractivity contribution < 1.29 is 4.79 Å². The zero-order valence-corrected chi connectivity index (χ0v) is 15.5. The number of hydrazone groups is 1. The van der Waals surface area contributed by atoms with Crippen LogP contribution in [0.15, 0.2) is 90.0 Å². The Morgan fingerprint density at radius 1 is 0.929 bits per heavy atom. The van der Waals surface area contributed by atoms with Crippen LogP contribution in [0.1, 0.15) is 21.5 Å². The van der Waals surface area contributed by atoms with E-state index in [9.17, 15) is 4.79 Å². The van der Waals surface area contributed by atoms with Gasteiger partial charge in [-0.25, -0.2) is 10.4 Å². The van der Waals surface area contributed by atoms with Crippen LogP contribution in [0.2, 0.25) is 0 Å². The van der Waals surface area contributed by atoms with Crippen molar-refractivity contribution in [2.75, 3.05) is 0 Å². The number of aryl methyl sites for hydroxylation is 1. The van der Waals surface area contributed by atoms with Gasteiger partial charge in [-0.15, -0.1) is 0 Å². The highest BCUT2D eigenvalue weighted by molar-refractivity contribution is 6.07. The van der Waals surface area contributed by atoms with E-state index in [-0.39, 0.29) is 5.91 Å². The van der Waals surface area contributed by atoms with Crippen LogP contribution in [0.5, 0.6) is 0 Å². The van der Waals surface area contributed by atoms with Gasteiger partial charge in [0.1, 0.15) is 0 Å². The molecule has 4 heteroatoms. The van der Waals surface area contributed by atoms with Crippen LogP contribution in [-0.2, 0) is 0 Å². The fourth-order valence-electron chi connectivity index (χ4n) is 3.00. The highest BCUT2D eigenvalue weighted by atomic mass is 16.2. The lowest BCUT2D eigenvalue weighted by Gasteiger charge is -2.09. The quantitative estimate of drug-likeness (QED) is 0.410. The molecule has 1 aromatic heterocycles. The van der Waals surface area contributed by atoms with E-state index in [0.717, 1.165) is 27.7 Å². The molecule has 4 rings (SSSR count). The summed E-state index contributed by atoms with van der Waals surface area (Å²) in [6, 6.07) is 27.2. The number of hydrogen-bond acceptors (Lipinski definition) is 3. The number of nitrogens with one attached hydrogen (secondary N) is 1. The average Bonchev–Trinajstić information content (AvgIpc) is 2.74. The monoisotopic (exact) mass is 365 g/mol. The number of fused-ring (bicyclic) bond motifs is 1. The maximum atomic E-state index is 12.8. The Hall–Kier alpha value is -3.79. The summed E-state index contributed by atoms with van der Waals surface area (Å²) in [6.07, 6.45) is 1.63. The summed E-state index contributed by atoms with van der Waals surface area (Å²) in [5.41, 5.74) is 7.78. The van der Waals surface area contributed by atoms with Crippen molar-refractivity contribution in [2.24, 2.45) is 5.10 Å². The first kappa shape index (κ1) is 17.6. The van der Waals surface area contributed by atoms with Gasteiger partial charge in [0.25, 0.3) is 5.91 Å². The molecule has 1 amide bonds. The molecule has 1 N–H and O–H groups in total. The van der Waals surface area contributed by atoms with Crippen molar-refractivity contribution >= 4 is 23.0 Å². The lowest BCUT2D eigenvalue weighted by molar-refractivity contribution is 0.0956. The standard InChI is InChI=1S/C24H19N3O/c1-17-11-13-19(14-12-17)23-15-21(20-9-5-6-10-22(20)26-23)24(28)27-25-16-18-7-3-2-4-8-18/h2-16H,1H3,(H,27,28). The smallest absolute Gasteiger partial charge is 0.267 e. The van der Waals surface area contributed by atoms with Crippen LogP contribution in [0.3, 0.4) is 0 Å². The third kappa shape index (κ3) is 3.81. The van der Waals surface area contributed by atoms with E-state index < -0.39 is 0 Å². The SMILES string of the molecule is Cc1ccc(-c2cc(C(=O)NN=Cc3ccccc3)c3ccccc3n2)cc1. The summed E-state index contributed by atoms with van der Waals surface area (Å²) < 4.78 is 0. The van der Waals surface area contributed by atoms with E-state index >= 15 is 0 Å². The summed E-state index contributed by atoms with van der Waals surface area (Å²) in [5.74, 6) is -0.265. The Bertz CT molecular complexity index is 1150. The largest absolute Gasteiger partial charge is 0.272 e. The Balaban J connectivity index is 1.69. The van der Waals surface area contributed by atoms with E-state index in [2.05, 4.69) is 10.5 Å². The number of para-hydroxylation sites is 1. The topological polar surface area (TPSA) is 54.4 Å². The molecule has 0 atom stereocenters. The van der Waals surface area contributed by atoms with Crippen LogP contribution in [-0.4, -0.2) is 17.1 Å². The highest BCUT2D eigenvalue weighted by Crippen LogP contribution is 2.25. The number of aromatic nitrogens is 1. The van der Waals surface area contributed by atoms with Crippen molar-refractivity contribution in [3.05, 3.63) is 102 Å². The number of pyridine rings is 1. The zero-order valence-electron chi connectivity index (χ0n) is 15.5. The maximum absolute atomic E-state index is 12.8. The van der Waals surface area contributed by atoms with Crippen molar-refractivity contribution in [3.8, 4) is 11.3 Å². The van der Waals surface area contributed by atoms with Gasteiger partial charge >= 0.3 is 0 Å². The first-order valence-corrected chi connectivity index (χ1v) is 9.06. The molecule has 1 heterocycles. The first-order chi connectivity index (χ1) is 13.7. The average molecular weight is 365 g/mol. The zero-order chi connectivity index (χ0) is 19.3. The lowest BCUT2D eigenvalue weighted by atomic mass is 10.0. The molecule has 136 valence electrons. The van der Waals surface area contributed by atoms with Gasteiger partial charge in [-0.1, -0.05) is 78.4 Å². The Morgan fingerprint density at radius 3 is 2.43 bits per heavy atom. The first-order valence-electron chi connectivity index (χ1n) is 9.06. The molecule has 28 heavy (non-hydrogen) atoms. The second kappa shape index (κ2) is 7.84. The van der Waals surface area contributed by atoms with Crippen molar-refractivity contribution in [1.29, 1.82) is 0 Å². The minimum Gasteiger partial charge on any atom is -0.267 e. The Labute approximate surface area is 163 Å². The summed E-state index contributed by atoms with van der Waals surface area (Å²) in [7, 11) is 0. The third-order valence-electron chi connectivity index (χ3n) is 4.49. The Morgan fingerprint density at radius 2 is 1.64 bits per heavy atom. The van der Waals surface area contributed by atoms with Gasteiger partial charge in [-0.2, -0.15) is 5.10 Å². The molecule has 4 nitrogen and oxygen atoms in total. The van der Waals surface area contributed by atoms with E-state index in [1.807, 2.05) is 91.9 Å². The molecule has 0 fully saturated rings. The summed E-state index contributed by atoms with van der Waals surface area (Å²) in [6.45, 7) is 2.04. The van der Waals surface area contributed by atoms with Gasteiger partial charge in [0.05, 0.1) is 23.0 Å². The molecule has 0 spiro atoms. The summed E-state index contributed by atoms with van der Waals surface area (Å²) >= 11 is 0. The minimum atomic E-state index is -0.265. The Kier molecular flexibility index (Phi) is 4.93. The van der Waals surface area contributed by atoms with Crippen molar-refractivity contribution in [2.45, 2.75) is 6.92 Å². The van der Waals surface area contributed by atoms with E-state index in [1.54, 1.807) is 6.21 Å². The van der Waals surface area contributed by atoms with Gasteiger partial charge in [0.15, 0.2) is 0 Å². The predicted molar refractivity (Wildman–Crippen MR) is 113 cm³/mol. The predicted octanol–water partition coefficient (Wildman–Crippen LogP) is 4.97. The van der Waals surface area contributed by atoms with Crippen LogP contribution < -0.4 is 5.43 Å². The van der Waals surface area contributed by atoms with Crippen LogP contribution in [0.25, 0.3) is 22.2 Å². The van der Waals surface area contributed by atoms with Crippen LogP contribution >= 0.6 is 0 Å². The lowest BCUT2D eigenvalue weighted by Crippen LogP contribution is -2.18. The molecule has 0 saturated carbocycles. The molecule has 0 aliphatic heterocycles. The molecule has 0 aliphatic rings. The molecular formula is C24H19N3O. The molecule has 0 bridgehead atoms. The number of benzene rings is 3. The van der Waals surface area contributed by atoms with Gasteiger partial charge in [-0.05, 0) is 24.6 Å². The normalized spacial score (nSPS) is 11.0. The van der Waals surface area contributed by atoms with Crippen LogP contribution in [0, 0.1) is 6.92 Å². The van der Waals surface area contributed by atoms with Gasteiger partial charge in [-0.3, -0.25) is 4.79 Å². The van der Waals surface area contributed by atoms with Crippen molar-refractivity contribution in [3.63, 3.8) is 0 Å². The molecule has 3 aromatic carbocycles. The van der Waals surface area contributed by atoms with E-state index in [0.29, 0.717) is 5.56 Å². The summed E-state index contributed by atoms with van der Waals surface area (Å²) in [4.78, 5) is 17.6. The fraction of sp³-hybridized carbons (Fsp3) is 0.0417. The van der Waals surface area contributed by atoms with Gasteiger partial charge < -0.3 is 0 Å². The van der Waals surface area contributed by atoms with E-state index in [1.165, 1.54) is 5.56 Å². The maximum Gasteiger partial charge on any atom is 0.272 e. The second-order valence-electron chi connectivity index (χ2n) is 6.55. The highest BCUT2D eigenvalue weighted by Gasteiger charge is 2.13. The van der Waals surface area contributed by atoms with Crippen molar-refractivity contribution in [1.82, 2.24) is 10.4 Å². The van der Waals surface area contributed by atoms with E-state index in [4.69, 9.17) is 4.98 Å². The molecule has 0 unspecified atom stereocenters. The fourth-order valence-corrected chi connectivity index (χ4v) is 3.00. The molecular weight excluding hydrogens is 346 g/mol. The molecule has 0 saturated heterocycles. The third-order valence-corrected chi connectivity index (χ3v) is 4.49. The minimum absolute atomic E-state index is 0.265. The number of hydrogen-bond donors (Lipinski definition) is 1. The van der Waals surface area contributed by atoms with Gasteiger partial charge in [0, 0.05) is 10.9 Å². The number of carbonyl (C=O) groups is 1. The number of amides is 1. The second-order valence-corrected chi connectivity index (χ2v) is 6.55. The number of nitrogens with zero attached hydrogens (tertiary/aromatic N) is 2. The molecule has 0 aliphatic carbocycles. The molecule has 0 radical (unpaired) electrons. The number of rotatable bonds is 4. The summed E-state index contributed by atoms with van der Waals surface area (Å²) in [5, 5.41) is 4.89.